The largest absolute Gasteiger partial charge is 0.493 e. The van der Waals surface area contributed by atoms with Crippen LogP contribution in [0.25, 0.3) is 0 Å². The first-order valence-electron chi connectivity index (χ1n) is 9.43. The number of nitrogens with zero attached hydrogens (tertiary/aromatic N) is 3. The topological polar surface area (TPSA) is 57.2 Å². The van der Waals surface area contributed by atoms with Gasteiger partial charge in [-0.2, -0.15) is 4.99 Å². The van der Waals surface area contributed by atoms with Crippen molar-refractivity contribution >= 4 is 40.6 Å². The molecule has 0 aromatic heterocycles. The second kappa shape index (κ2) is 8.55. The van der Waals surface area contributed by atoms with Gasteiger partial charge in [-0.1, -0.05) is 35.3 Å². The molecule has 0 radical (unpaired) electrons. The molecule has 1 saturated heterocycles. The maximum atomic E-state index is 11.3. The molecule has 4 rings (SSSR count). The fraction of sp³-hybridized carbons (Fsp3) is 0.400. The Morgan fingerprint density at radius 1 is 1.21 bits per heavy atom. The summed E-state index contributed by atoms with van der Waals surface area (Å²) in [6, 6.07) is 5.37. The molecule has 1 aliphatic carbocycles. The van der Waals surface area contributed by atoms with Crippen LogP contribution in [0.1, 0.15) is 6.42 Å². The number of fused-ring (bicyclic) bond motifs is 1. The van der Waals surface area contributed by atoms with Crippen LogP contribution in [0.15, 0.2) is 47.2 Å². The number of nitrogens with one attached hydrogen (secondary N) is 1. The van der Waals surface area contributed by atoms with Crippen LogP contribution in [-0.4, -0.2) is 62.0 Å². The number of carbonyl (C=O) groups is 1. The summed E-state index contributed by atoms with van der Waals surface area (Å²) >= 11 is 12.5. The summed E-state index contributed by atoms with van der Waals surface area (Å²) in [7, 11) is 0. The molecule has 2 heterocycles. The minimum Gasteiger partial charge on any atom is -0.493 e. The Morgan fingerprint density at radius 2 is 2.04 bits per heavy atom. The average molecular weight is 421 g/mol. The number of hydrogen-bond donors (Lipinski definition) is 1. The number of ether oxygens (including phenoxy) is 1. The van der Waals surface area contributed by atoms with Crippen LogP contribution in [0.5, 0.6) is 0 Å². The van der Waals surface area contributed by atoms with Crippen molar-refractivity contribution in [3.8, 4) is 0 Å². The number of benzene rings is 1. The predicted molar refractivity (Wildman–Crippen MR) is 113 cm³/mol. The van der Waals surface area contributed by atoms with E-state index < -0.39 is 0 Å². The minimum absolute atomic E-state index is 0.107. The number of hydrogen-bond acceptors (Lipinski definition) is 4. The summed E-state index contributed by atoms with van der Waals surface area (Å²) in [5, 5.41) is 3.98. The third-order valence-electron chi connectivity index (χ3n) is 5.10. The van der Waals surface area contributed by atoms with Crippen LogP contribution < -0.4 is 10.2 Å². The third-order valence-corrected chi connectivity index (χ3v) is 5.91. The molecule has 0 saturated carbocycles. The Morgan fingerprint density at radius 3 is 2.86 bits per heavy atom. The van der Waals surface area contributed by atoms with Gasteiger partial charge < -0.3 is 15.0 Å². The molecular weight excluding hydrogens is 399 g/mol. The maximum absolute atomic E-state index is 11.3. The van der Waals surface area contributed by atoms with E-state index in [4.69, 9.17) is 27.9 Å². The lowest BCUT2D eigenvalue weighted by Gasteiger charge is -2.36. The highest BCUT2D eigenvalue weighted by molar-refractivity contribution is 6.43. The average Bonchev–Trinajstić information content (AvgIpc) is 3.07. The van der Waals surface area contributed by atoms with Gasteiger partial charge in [-0.15, -0.1) is 0 Å². The van der Waals surface area contributed by atoms with Crippen molar-refractivity contribution < 1.29 is 9.53 Å². The van der Waals surface area contributed by atoms with Gasteiger partial charge in [-0.05, 0) is 24.6 Å². The summed E-state index contributed by atoms with van der Waals surface area (Å²) in [5.74, 6) is 0.756. The first kappa shape index (κ1) is 19.3. The SMILES string of the molecule is O=C1N=C2C=C(OCCCN3CCN(c4cccc(Cl)c4Cl)CC3)C=CC2N1. The quantitative estimate of drug-likeness (QED) is 0.715. The van der Waals surface area contributed by atoms with E-state index in [0.29, 0.717) is 16.7 Å². The molecule has 0 bridgehead atoms. The molecule has 1 unspecified atom stereocenters. The van der Waals surface area contributed by atoms with E-state index >= 15 is 0 Å². The summed E-state index contributed by atoms with van der Waals surface area (Å²) in [6.07, 6.45) is 6.56. The summed E-state index contributed by atoms with van der Waals surface area (Å²) in [5.41, 5.74) is 1.73. The lowest BCUT2D eigenvalue weighted by Crippen LogP contribution is -2.46. The van der Waals surface area contributed by atoms with Gasteiger partial charge in [0.05, 0.1) is 34.1 Å². The van der Waals surface area contributed by atoms with Crippen LogP contribution in [0.3, 0.4) is 0 Å². The van der Waals surface area contributed by atoms with Gasteiger partial charge in [0.25, 0.3) is 0 Å². The lowest BCUT2D eigenvalue weighted by atomic mass is 10.1. The fourth-order valence-electron chi connectivity index (χ4n) is 3.60. The third kappa shape index (κ3) is 4.35. The van der Waals surface area contributed by atoms with E-state index in [9.17, 15) is 4.79 Å². The van der Waals surface area contributed by atoms with Crippen molar-refractivity contribution in [1.82, 2.24) is 10.2 Å². The number of piperazine rings is 1. The number of carbonyl (C=O) groups excluding carboxylic acids is 1. The first-order valence-corrected chi connectivity index (χ1v) is 10.2. The first-order chi connectivity index (χ1) is 13.6. The highest BCUT2D eigenvalue weighted by Gasteiger charge is 2.25. The van der Waals surface area contributed by atoms with Crippen LogP contribution in [0.4, 0.5) is 10.5 Å². The van der Waals surface area contributed by atoms with Gasteiger partial charge in [0.2, 0.25) is 0 Å². The van der Waals surface area contributed by atoms with Crippen molar-refractivity contribution in [2.24, 2.45) is 4.99 Å². The Balaban J connectivity index is 1.19. The lowest BCUT2D eigenvalue weighted by molar-refractivity contribution is 0.185. The molecule has 2 aliphatic heterocycles. The van der Waals surface area contributed by atoms with E-state index in [1.165, 1.54) is 0 Å². The van der Waals surface area contributed by atoms with Crippen LogP contribution in [0, 0.1) is 0 Å². The highest BCUT2D eigenvalue weighted by atomic mass is 35.5. The van der Waals surface area contributed by atoms with E-state index in [1.807, 2.05) is 36.4 Å². The Hall–Kier alpha value is -2.02. The molecule has 1 N–H and O–H groups in total. The predicted octanol–water partition coefficient (Wildman–Crippen LogP) is 3.51. The number of anilines is 1. The smallest absolute Gasteiger partial charge is 0.342 e. The molecular formula is C20H22Cl2N4O2. The Bertz CT molecular complexity index is 845. The zero-order valence-electron chi connectivity index (χ0n) is 15.4. The zero-order valence-corrected chi connectivity index (χ0v) is 16.9. The Kier molecular flexibility index (Phi) is 5.90. The highest BCUT2D eigenvalue weighted by Crippen LogP contribution is 2.32. The molecule has 1 atom stereocenters. The molecule has 0 spiro atoms. The van der Waals surface area contributed by atoms with E-state index in [0.717, 1.165) is 56.3 Å². The summed E-state index contributed by atoms with van der Waals surface area (Å²) in [4.78, 5) is 19.9. The van der Waals surface area contributed by atoms with Crippen molar-refractivity contribution in [2.45, 2.75) is 12.5 Å². The number of urea groups is 1. The molecule has 2 amide bonds. The molecule has 28 heavy (non-hydrogen) atoms. The van der Waals surface area contributed by atoms with Gasteiger partial charge in [0.15, 0.2) is 0 Å². The molecule has 1 fully saturated rings. The van der Waals surface area contributed by atoms with E-state index in [1.54, 1.807) is 0 Å². The second-order valence-corrected chi connectivity index (χ2v) is 7.76. The zero-order chi connectivity index (χ0) is 19.5. The summed E-state index contributed by atoms with van der Waals surface area (Å²) in [6.45, 7) is 5.44. The van der Waals surface area contributed by atoms with Crippen molar-refractivity contribution in [2.75, 3.05) is 44.2 Å². The summed E-state index contributed by atoms with van der Waals surface area (Å²) < 4.78 is 5.82. The molecule has 8 heteroatoms. The molecule has 6 nitrogen and oxygen atoms in total. The van der Waals surface area contributed by atoms with Crippen molar-refractivity contribution in [3.63, 3.8) is 0 Å². The number of aliphatic imine (C=N–C) groups is 1. The van der Waals surface area contributed by atoms with Crippen molar-refractivity contribution in [1.29, 1.82) is 0 Å². The number of allylic oxidation sites excluding steroid dienone is 1. The monoisotopic (exact) mass is 420 g/mol. The van der Waals surface area contributed by atoms with Gasteiger partial charge in [-0.25, -0.2) is 4.79 Å². The van der Waals surface area contributed by atoms with Gasteiger partial charge in [-0.3, -0.25) is 4.90 Å². The number of rotatable bonds is 6. The minimum atomic E-state index is -0.291. The van der Waals surface area contributed by atoms with Crippen molar-refractivity contribution in [3.05, 3.63) is 52.2 Å². The maximum Gasteiger partial charge on any atom is 0.342 e. The molecule has 1 aromatic rings. The Labute approximate surface area is 174 Å². The fourth-order valence-corrected chi connectivity index (χ4v) is 4.01. The molecule has 148 valence electrons. The number of amides is 2. The van der Waals surface area contributed by atoms with Gasteiger partial charge in [0.1, 0.15) is 5.76 Å². The van der Waals surface area contributed by atoms with Crippen LogP contribution >= 0.6 is 23.2 Å². The van der Waals surface area contributed by atoms with Crippen LogP contribution in [-0.2, 0) is 4.74 Å². The van der Waals surface area contributed by atoms with E-state index in [2.05, 4.69) is 20.1 Å². The second-order valence-electron chi connectivity index (χ2n) is 6.97. The normalized spacial score (nSPS) is 21.9. The van der Waals surface area contributed by atoms with Crippen LogP contribution in [0.2, 0.25) is 10.0 Å². The molecule has 1 aromatic carbocycles. The van der Waals surface area contributed by atoms with E-state index in [-0.39, 0.29) is 12.1 Å². The molecule has 3 aliphatic rings. The van der Waals surface area contributed by atoms with Gasteiger partial charge in [0, 0.05) is 38.8 Å². The van der Waals surface area contributed by atoms with Gasteiger partial charge >= 0.3 is 6.03 Å². The number of halogens is 2. The standard InChI is InChI=1S/C20H22Cl2N4O2/c21-15-3-1-4-18(19(15)22)26-10-8-25(9-11-26)7-2-12-28-14-5-6-16-17(13-14)24-20(27)23-16/h1,3-6,13,16H,2,7-12H2,(H,23,27).